The summed E-state index contributed by atoms with van der Waals surface area (Å²) in [6, 6.07) is 7.91. The zero-order valence-electron chi connectivity index (χ0n) is 11.6. The summed E-state index contributed by atoms with van der Waals surface area (Å²) < 4.78 is 0. The van der Waals surface area contributed by atoms with E-state index in [1.807, 2.05) is 24.3 Å². The van der Waals surface area contributed by atoms with Gasteiger partial charge in [-0.1, -0.05) is 13.8 Å². The van der Waals surface area contributed by atoms with Gasteiger partial charge >= 0.3 is 0 Å². The lowest BCUT2D eigenvalue weighted by Crippen LogP contribution is -2.24. The minimum Gasteiger partial charge on any atom is -0.396 e. The van der Waals surface area contributed by atoms with Crippen LogP contribution in [0.4, 0.5) is 11.4 Å². The second-order valence-electron chi connectivity index (χ2n) is 5.58. The van der Waals surface area contributed by atoms with Crippen LogP contribution >= 0.6 is 0 Å². The maximum atomic E-state index is 11.8. The Labute approximate surface area is 114 Å². The van der Waals surface area contributed by atoms with Gasteiger partial charge in [0.2, 0.25) is 5.91 Å². The summed E-state index contributed by atoms with van der Waals surface area (Å²) in [5.41, 5.74) is 1.99. The van der Waals surface area contributed by atoms with Crippen LogP contribution in [0.5, 0.6) is 0 Å². The number of aliphatic hydroxyl groups is 1. The molecule has 0 aliphatic carbocycles. The van der Waals surface area contributed by atoms with Crippen molar-refractivity contribution >= 4 is 17.3 Å². The number of aliphatic hydroxyl groups excluding tert-OH is 1. The molecule has 1 heterocycles. The Morgan fingerprint density at radius 1 is 1.37 bits per heavy atom. The van der Waals surface area contributed by atoms with Crippen molar-refractivity contribution in [1.29, 1.82) is 0 Å². The van der Waals surface area contributed by atoms with Crippen molar-refractivity contribution in [1.82, 2.24) is 0 Å². The second-order valence-corrected chi connectivity index (χ2v) is 5.58. The molecule has 2 N–H and O–H groups in total. The number of nitrogens with one attached hydrogen (secondary N) is 1. The molecule has 4 nitrogen and oxygen atoms in total. The van der Waals surface area contributed by atoms with E-state index in [9.17, 15) is 4.79 Å². The molecule has 1 aliphatic rings. The van der Waals surface area contributed by atoms with Crippen LogP contribution in [0.3, 0.4) is 0 Å². The highest BCUT2D eigenvalue weighted by Crippen LogP contribution is 2.26. The standard InChI is InChI=1S/C15H22N2O2/c1-11(2)8-16-13-3-5-14(6-4-13)17-9-12(10-18)7-15(17)19/h3-6,11-12,16,18H,7-10H2,1-2H3. The van der Waals surface area contributed by atoms with Crippen molar-refractivity contribution in [3.63, 3.8) is 0 Å². The van der Waals surface area contributed by atoms with Crippen LogP contribution in [0.15, 0.2) is 24.3 Å². The smallest absolute Gasteiger partial charge is 0.227 e. The van der Waals surface area contributed by atoms with Gasteiger partial charge in [0.05, 0.1) is 0 Å². The highest BCUT2D eigenvalue weighted by Gasteiger charge is 2.29. The topological polar surface area (TPSA) is 52.6 Å². The first-order valence-electron chi connectivity index (χ1n) is 6.85. The predicted molar refractivity (Wildman–Crippen MR) is 77.3 cm³/mol. The van der Waals surface area contributed by atoms with Gasteiger partial charge in [0.1, 0.15) is 0 Å². The quantitative estimate of drug-likeness (QED) is 0.854. The maximum absolute atomic E-state index is 11.8. The minimum atomic E-state index is 0.0752. The predicted octanol–water partition coefficient (Wildman–Crippen LogP) is 2.10. The van der Waals surface area contributed by atoms with Crippen molar-refractivity contribution in [2.45, 2.75) is 20.3 Å². The fraction of sp³-hybridized carbons (Fsp3) is 0.533. The van der Waals surface area contributed by atoms with Crippen molar-refractivity contribution in [3.05, 3.63) is 24.3 Å². The van der Waals surface area contributed by atoms with Gasteiger partial charge in [-0.15, -0.1) is 0 Å². The van der Waals surface area contributed by atoms with Gasteiger partial charge in [-0.3, -0.25) is 4.79 Å². The lowest BCUT2D eigenvalue weighted by molar-refractivity contribution is -0.117. The molecule has 0 bridgehead atoms. The molecule has 1 unspecified atom stereocenters. The van der Waals surface area contributed by atoms with E-state index in [0.29, 0.717) is 18.9 Å². The van der Waals surface area contributed by atoms with Gasteiger partial charge in [-0.05, 0) is 30.2 Å². The Hall–Kier alpha value is -1.55. The van der Waals surface area contributed by atoms with E-state index in [1.165, 1.54) is 0 Å². The molecule has 1 aromatic rings. The molecular weight excluding hydrogens is 240 g/mol. The molecule has 0 spiro atoms. The van der Waals surface area contributed by atoms with Crippen LogP contribution in [0.1, 0.15) is 20.3 Å². The van der Waals surface area contributed by atoms with Crippen LogP contribution in [0.2, 0.25) is 0 Å². The molecule has 1 fully saturated rings. The highest BCUT2D eigenvalue weighted by atomic mass is 16.3. The third-order valence-corrected chi connectivity index (χ3v) is 3.36. The SMILES string of the molecule is CC(C)CNc1ccc(N2CC(CO)CC2=O)cc1. The number of amides is 1. The molecule has 0 radical (unpaired) electrons. The van der Waals surface area contributed by atoms with Crippen LogP contribution in [-0.2, 0) is 4.79 Å². The van der Waals surface area contributed by atoms with Crippen molar-refractivity contribution in [2.24, 2.45) is 11.8 Å². The van der Waals surface area contributed by atoms with E-state index in [-0.39, 0.29) is 18.4 Å². The molecule has 2 rings (SSSR count). The minimum absolute atomic E-state index is 0.0752. The van der Waals surface area contributed by atoms with E-state index in [1.54, 1.807) is 4.90 Å². The molecule has 1 atom stereocenters. The summed E-state index contributed by atoms with van der Waals surface area (Å²) in [7, 11) is 0. The number of benzene rings is 1. The Bertz CT molecular complexity index is 428. The zero-order valence-corrected chi connectivity index (χ0v) is 11.6. The summed E-state index contributed by atoms with van der Waals surface area (Å²) in [4.78, 5) is 13.6. The number of nitrogens with zero attached hydrogens (tertiary/aromatic N) is 1. The Balaban J connectivity index is 2.00. The first-order chi connectivity index (χ1) is 9.10. The number of anilines is 2. The Morgan fingerprint density at radius 2 is 2.05 bits per heavy atom. The number of hydrogen-bond donors (Lipinski definition) is 2. The van der Waals surface area contributed by atoms with E-state index in [2.05, 4.69) is 19.2 Å². The fourth-order valence-electron chi connectivity index (χ4n) is 2.23. The average molecular weight is 262 g/mol. The summed E-state index contributed by atoms with van der Waals surface area (Å²) in [6.07, 6.45) is 0.448. The normalized spacial score (nSPS) is 19.3. The Kier molecular flexibility index (Phi) is 4.43. The fourth-order valence-corrected chi connectivity index (χ4v) is 2.23. The molecule has 0 aromatic heterocycles. The monoisotopic (exact) mass is 262 g/mol. The highest BCUT2D eigenvalue weighted by molar-refractivity contribution is 5.95. The van der Waals surface area contributed by atoms with E-state index < -0.39 is 0 Å². The van der Waals surface area contributed by atoms with Crippen LogP contribution in [0, 0.1) is 11.8 Å². The van der Waals surface area contributed by atoms with Crippen LogP contribution in [-0.4, -0.2) is 30.7 Å². The molecule has 1 amide bonds. The Morgan fingerprint density at radius 3 is 2.58 bits per heavy atom. The molecular formula is C15H22N2O2. The molecule has 4 heteroatoms. The van der Waals surface area contributed by atoms with Crippen molar-refractivity contribution in [2.75, 3.05) is 29.9 Å². The van der Waals surface area contributed by atoms with Gasteiger partial charge in [0.15, 0.2) is 0 Å². The van der Waals surface area contributed by atoms with Gasteiger partial charge < -0.3 is 15.3 Å². The van der Waals surface area contributed by atoms with E-state index >= 15 is 0 Å². The number of rotatable bonds is 5. The van der Waals surface area contributed by atoms with Crippen LogP contribution in [0.25, 0.3) is 0 Å². The average Bonchev–Trinajstić information content (AvgIpc) is 2.78. The molecule has 19 heavy (non-hydrogen) atoms. The maximum Gasteiger partial charge on any atom is 0.227 e. The third-order valence-electron chi connectivity index (χ3n) is 3.36. The lowest BCUT2D eigenvalue weighted by Gasteiger charge is -2.17. The van der Waals surface area contributed by atoms with E-state index in [4.69, 9.17) is 5.11 Å². The van der Waals surface area contributed by atoms with Gasteiger partial charge in [0, 0.05) is 43.4 Å². The second kappa shape index (κ2) is 6.06. The third kappa shape index (κ3) is 3.47. The summed E-state index contributed by atoms with van der Waals surface area (Å²) >= 11 is 0. The number of carbonyl (C=O) groups excluding carboxylic acids is 1. The largest absolute Gasteiger partial charge is 0.396 e. The molecule has 1 aromatic carbocycles. The first kappa shape index (κ1) is 13.9. The van der Waals surface area contributed by atoms with Gasteiger partial charge in [0.25, 0.3) is 0 Å². The lowest BCUT2D eigenvalue weighted by atomic mass is 10.1. The molecule has 0 saturated carbocycles. The first-order valence-corrected chi connectivity index (χ1v) is 6.85. The summed E-state index contributed by atoms with van der Waals surface area (Å²) in [5, 5.41) is 12.5. The van der Waals surface area contributed by atoms with Crippen LogP contribution < -0.4 is 10.2 Å². The molecule has 1 saturated heterocycles. The summed E-state index contributed by atoms with van der Waals surface area (Å²) in [5.74, 6) is 0.776. The van der Waals surface area contributed by atoms with Crippen molar-refractivity contribution < 1.29 is 9.90 Å². The molecule has 1 aliphatic heterocycles. The molecule has 104 valence electrons. The van der Waals surface area contributed by atoms with E-state index in [0.717, 1.165) is 17.9 Å². The van der Waals surface area contributed by atoms with Gasteiger partial charge in [-0.2, -0.15) is 0 Å². The van der Waals surface area contributed by atoms with Crippen molar-refractivity contribution in [3.8, 4) is 0 Å². The zero-order chi connectivity index (χ0) is 13.8. The van der Waals surface area contributed by atoms with Gasteiger partial charge in [-0.25, -0.2) is 0 Å². The number of carbonyl (C=O) groups is 1. The summed E-state index contributed by atoms with van der Waals surface area (Å²) in [6.45, 7) is 5.97. The number of hydrogen-bond acceptors (Lipinski definition) is 3.